The lowest BCUT2D eigenvalue weighted by Gasteiger charge is -2.27. The summed E-state index contributed by atoms with van der Waals surface area (Å²) < 4.78 is 5.36. The second-order valence-electron chi connectivity index (χ2n) is 4.93. The monoisotopic (exact) mass is 289 g/mol. The van der Waals surface area contributed by atoms with Crippen LogP contribution in [0.3, 0.4) is 0 Å². The van der Waals surface area contributed by atoms with Crippen LogP contribution in [0.15, 0.2) is 35.2 Å². The fraction of sp³-hybridized carbons (Fsp3) is 0.400. The van der Waals surface area contributed by atoms with Crippen molar-refractivity contribution in [1.29, 1.82) is 0 Å². The summed E-state index contributed by atoms with van der Waals surface area (Å²) in [6.07, 6.45) is 1.91. The van der Waals surface area contributed by atoms with E-state index in [1.165, 1.54) is 5.56 Å². The fourth-order valence-corrected chi connectivity index (χ4v) is 3.06. The zero-order valence-corrected chi connectivity index (χ0v) is 12.4. The second kappa shape index (κ2) is 6.24. The second-order valence-corrected chi connectivity index (χ2v) is 5.71. The molecule has 1 aliphatic rings. The molecule has 0 radical (unpaired) electrons. The van der Waals surface area contributed by atoms with Gasteiger partial charge >= 0.3 is 0 Å². The third-order valence-electron chi connectivity index (χ3n) is 3.51. The highest BCUT2D eigenvalue weighted by atomic mass is 32.1. The summed E-state index contributed by atoms with van der Waals surface area (Å²) in [6, 6.07) is 6.63. The Labute approximate surface area is 123 Å². The van der Waals surface area contributed by atoms with E-state index in [-0.39, 0.29) is 0 Å². The van der Waals surface area contributed by atoms with Crippen molar-refractivity contribution in [3.05, 3.63) is 40.7 Å². The molecule has 0 aromatic carbocycles. The first-order valence-electron chi connectivity index (χ1n) is 6.90. The third kappa shape index (κ3) is 3.11. The van der Waals surface area contributed by atoms with Crippen molar-refractivity contribution in [2.24, 2.45) is 0 Å². The van der Waals surface area contributed by atoms with Crippen LogP contribution >= 0.6 is 11.3 Å². The molecule has 3 rings (SSSR count). The fourth-order valence-electron chi connectivity index (χ4n) is 2.31. The Morgan fingerprint density at radius 3 is 2.80 bits per heavy atom. The predicted octanol–water partition coefficient (Wildman–Crippen LogP) is 3.15. The molecule has 2 aromatic heterocycles. The topological polar surface area (TPSA) is 37.4 Å². The lowest BCUT2D eigenvalue weighted by Crippen LogP contribution is -2.36. The van der Waals surface area contributed by atoms with Gasteiger partial charge in [0.15, 0.2) is 0 Å². The minimum atomic E-state index is 0.303. The summed E-state index contributed by atoms with van der Waals surface area (Å²) in [5.74, 6) is 1.03. The molecular weight excluding hydrogens is 270 g/mol. The Morgan fingerprint density at radius 2 is 2.15 bits per heavy atom. The van der Waals surface area contributed by atoms with Gasteiger partial charge in [-0.1, -0.05) is 0 Å². The molecule has 20 heavy (non-hydrogen) atoms. The molecule has 4 nitrogen and oxygen atoms in total. The summed E-state index contributed by atoms with van der Waals surface area (Å²) >= 11 is 1.73. The molecule has 1 atom stereocenters. The van der Waals surface area contributed by atoms with E-state index in [2.05, 4.69) is 51.1 Å². The van der Waals surface area contributed by atoms with Crippen LogP contribution in [0.2, 0.25) is 0 Å². The van der Waals surface area contributed by atoms with Gasteiger partial charge in [0.1, 0.15) is 5.82 Å². The van der Waals surface area contributed by atoms with Gasteiger partial charge in [-0.2, -0.15) is 11.3 Å². The number of pyridine rings is 1. The third-order valence-corrected chi connectivity index (χ3v) is 4.21. The number of rotatable bonds is 4. The van der Waals surface area contributed by atoms with E-state index in [1.807, 2.05) is 6.20 Å². The van der Waals surface area contributed by atoms with Crippen LogP contribution in [0.5, 0.6) is 0 Å². The van der Waals surface area contributed by atoms with Gasteiger partial charge in [0, 0.05) is 19.1 Å². The van der Waals surface area contributed by atoms with Crippen molar-refractivity contribution >= 4 is 22.8 Å². The number of hydrogen-bond acceptors (Lipinski definition) is 5. The first kappa shape index (κ1) is 13.4. The van der Waals surface area contributed by atoms with Gasteiger partial charge in [0.05, 0.1) is 25.1 Å². The standard InChI is InChI=1S/C15H19N3OS/c1-12(13-4-9-20-11-13)17-14-2-3-15(16-10-14)18-5-7-19-8-6-18/h2-4,9-12,17H,5-8H2,1H3. The van der Waals surface area contributed by atoms with E-state index < -0.39 is 0 Å². The summed E-state index contributed by atoms with van der Waals surface area (Å²) in [6.45, 7) is 5.59. The molecule has 2 aromatic rings. The van der Waals surface area contributed by atoms with Crippen LogP contribution in [0.25, 0.3) is 0 Å². The Bertz CT molecular complexity index is 521. The van der Waals surface area contributed by atoms with Gasteiger partial charge in [-0.15, -0.1) is 0 Å². The molecular formula is C15H19N3OS. The van der Waals surface area contributed by atoms with Crippen molar-refractivity contribution in [3.63, 3.8) is 0 Å². The number of anilines is 2. The number of morpholine rings is 1. The molecule has 1 fully saturated rings. The van der Waals surface area contributed by atoms with Crippen LogP contribution < -0.4 is 10.2 Å². The number of hydrogen-bond donors (Lipinski definition) is 1. The van der Waals surface area contributed by atoms with E-state index in [9.17, 15) is 0 Å². The van der Waals surface area contributed by atoms with Crippen molar-refractivity contribution in [3.8, 4) is 0 Å². The molecule has 1 aliphatic heterocycles. The van der Waals surface area contributed by atoms with E-state index in [1.54, 1.807) is 11.3 Å². The molecule has 3 heterocycles. The maximum absolute atomic E-state index is 5.36. The smallest absolute Gasteiger partial charge is 0.128 e. The highest BCUT2D eigenvalue weighted by molar-refractivity contribution is 7.07. The maximum atomic E-state index is 5.36. The zero-order valence-electron chi connectivity index (χ0n) is 11.6. The summed E-state index contributed by atoms with van der Waals surface area (Å²) in [7, 11) is 0. The molecule has 0 bridgehead atoms. The van der Waals surface area contributed by atoms with Crippen molar-refractivity contribution < 1.29 is 4.74 Å². The molecule has 5 heteroatoms. The normalized spacial score (nSPS) is 16.9. The molecule has 0 spiro atoms. The Kier molecular flexibility index (Phi) is 4.18. The van der Waals surface area contributed by atoms with Crippen LogP contribution in [-0.2, 0) is 4.74 Å². The number of nitrogens with zero attached hydrogens (tertiary/aromatic N) is 2. The Balaban J connectivity index is 1.63. The van der Waals surface area contributed by atoms with Crippen LogP contribution in [0, 0.1) is 0 Å². The minimum absolute atomic E-state index is 0.303. The largest absolute Gasteiger partial charge is 0.378 e. The highest BCUT2D eigenvalue weighted by Gasteiger charge is 2.12. The molecule has 0 saturated carbocycles. The molecule has 1 saturated heterocycles. The van der Waals surface area contributed by atoms with E-state index in [0.717, 1.165) is 37.8 Å². The van der Waals surface area contributed by atoms with Crippen molar-refractivity contribution in [1.82, 2.24) is 4.98 Å². The van der Waals surface area contributed by atoms with Crippen LogP contribution in [-0.4, -0.2) is 31.3 Å². The van der Waals surface area contributed by atoms with Gasteiger partial charge in [0.2, 0.25) is 0 Å². The van der Waals surface area contributed by atoms with Crippen LogP contribution in [0.1, 0.15) is 18.5 Å². The lowest BCUT2D eigenvalue weighted by atomic mass is 10.2. The van der Waals surface area contributed by atoms with E-state index >= 15 is 0 Å². The average Bonchev–Trinajstić information content (AvgIpc) is 3.03. The quantitative estimate of drug-likeness (QED) is 0.938. The number of thiophene rings is 1. The first-order chi connectivity index (χ1) is 9.83. The van der Waals surface area contributed by atoms with Crippen LogP contribution in [0.4, 0.5) is 11.5 Å². The molecule has 0 aliphatic carbocycles. The molecule has 1 N–H and O–H groups in total. The van der Waals surface area contributed by atoms with Gasteiger partial charge in [-0.25, -0.2) is 4.98 Å². The molecule has 1 unspecified atom stereocenters. The molecule has 0 amide bonds. The zero-order chi connectivity index (χ0) is 13.8. The average molecular weight is 289 g/mol. The summed E-state index contributed by atoms with van der Waals surface area (Å²) in [5, 5.41) is 7.75. The predicted molar refractivity (Wildman–Crippen MR) is 83.6 cm³/mol. The van der Waals surface area contributed by atoms with Crippen molar-refractivity contribution in [2.75, 3.05) is 36.5 Å². The highest BCUT2D eigenvalue weighted by Crippen LogP contribution is 2.22. The number of aromatic nitrogens is 1. The number of nitrogens with one attached hydrogen (secondary N) is 1. The molecule has 106 valence electrons. The van der Waals surface area contributed by atoms with E-state index in [4.69, 9.17) is 4.74 Å². The Morgan fingerprint density at radius 1 is 1.30 bits per heavy atom. The maximum Gasteiger partial charge on any atom is 0.128 e. The minimum Gasteiger partial charge on any atom is -0.378 e. The van der Waals surface area contributed by atoms with Gasteiger partial charge < -0.3 is 15.0 Å². The SMILES string of the molecule is CC(Nc1ccc(N2CCOCC2)nc1)c1ccsc1. The lowest BCUT2D eigenvalue weighted by molar-refractivity contribution is 0.122. The first-order valence-corrected chi connectivity index (χ1v) is 7.84. The summed E-state index contributed by atoms with van der Waals surface area (Å²) in [5.41, 5.74) is 2.37. The van der Waals surface area contributed by atoms with Gasteiger partial charge in [0.25, 0.3) is 0 Å². The summed E-state index contributed by atoms with van der Waals surface area (Å²) in [4.78, 5) is 6.81. The van der Waals surface area contributed by atoms with Gasteiger partial charge in [-0.3, -0.25) is 0 Å². The number of ether oxygens (including phenoxy) is 1. The van der Waals surface area contributed by atoms with Gasteiger partial charge in [-0.05, 0) is 41.4 Å². The van der Waals surface area contributed by atoms with Crippen molar-refractivity contribution in [2.45, 2.75) is 13.0 Å². The van der Waals surface area contributed by atoms with E-state index in [0.29, 0.717) is 6.04 Å². The Hall–Kier alpha value is -1.59.